The van der Waals surface area contributed by atoms with Crippen molar-refractivity contribution in [1.82, 2.24) is 0 Å². The van der Waals surface area contributed by atoms with Gasteiger partial charge in [-0.2, -0.15) is 0 Å². The first-order chi connectivity index (χ1) is 6.20. The van der Waals surface area contributed by atoms with Gasteiger partial charge in [-0.05, 0) is 32.1 Å². The van der Waals surface area contributed by atoms with Crippen molar-refractivity contribution in [2.75, 3.05) is 19.8 Å². The van der Waals surface area contributed by atoms with Crippen molar-refractivity contribution in [3.63, 3.8) is 0 Å². The van der Waals surface area contributed by atoms with Gasteiger partial charge in [0, 0.05) is 6.61 Å². The molecule has 0 rings (SSSR count). The van der Waals surface area contributed by atoms with Crippen LogP contribution in [0.25, 0.3) is 0 Å². The van der Waals surface area contributed by atoms with Crippen LogP contribution in [0.4, 0.5) is 0 Å². The monoisotopic (exact) mass is 190 g/mol. The molecule has 0 aliphatic carbocycles. The fourth-order valence-electron chi connectivity index (χ4n) is 1.45. The van der Waals surface area contributed by atoms with Gasteiger partial charge in [0.1, 0.15) is 0 Å². The Bertz CT molecular complexity index is 94.3. The second-order valence-corrected chi connectivity index (χ2v) is 3.61. The lowest BCUT2D eigenvalue weighted by Gasteiger charge is -2.17. The number of hydrogen-bond acceptors (Lipinski definition) is 3. The molecule has 0 aromatic carbocycles. The van der Waals surface area contributed by atoms with Gasteiger partial charge in [-0.25, -0.2) is 0 Å². The minimum atomic E-state index is 0.0926. The van der Waals surface area contributed by atoms with Gasteiger partial charge in [0.25, 0.3) is 0 Å². The first kappa shape index (κ1) is 12.9. The average molecular weight is 190 g/mol. The van der Waals surface area contributed by atoms with Gasteiger partial charge in [-0.3, -0.25) is 0 Å². The number of hydrogen-bond donors (Lipinski definition) is 2. The Morgan fingerprint density at radius 3 is 2.38 bits per heavy atom. The van der Waals surface area contributed by atoms with Crippen LogP contribution in [0, 0.1) is 5.92 Å². The van der Waals surface area contributed by atoms with Crippen molar-refractivity contribution in [1.29, 1.82) is 0 Å². The van der Waals surface area contributed by atoms with E-state index in [1.54, 1.807) is 0 Å². The molecule has 0 bridgehead atoms. The van der Waals surface area contributed by atoms with Crippen molar-refractivity contribution in [2.45, 2.75) is 39.2 Å². The minimum Gasteiger partial charge on any atom is -0.396 e. The molecule has 0 spiro atoms. The number of ether oxygens (including phenoxy) is 1. The maximum Gasteiger partial charge on any atom is 0.0701 e. The highest BCUT2D eigenvalue weighted by molar-refractivity contribution is 4.59. The zero-order valence-corrected chi connectivity index (χ0v) is 8.70. The van der Waals surface area contributed by atoms with Crippen LogP contribution in [0.3, 0.4) is 0 Å². The van der Waals surface area contributed by atoms with Gasteiger partial charge < -0.3 is 14.9 Å². The molecule has 13 heavy (non-hydrogen) atoms. The van der Waals surface area contributed by atoms with Gasteiger partial charge in [0.05, 0.1) is 19.3 Å². The predicted octanol–water partition coefficient (Wildman–Crippen LogP) is 1.18. The summed E-state index contributed by atoms with van der Waals surface area (Å²) in [6.07, 6.45) is 3.12. The van der Waals surface area contributed by atoms with E-state index in [-0.39, 0.29) is 19.3 Å². The third kappa shape index (κ3) is 8.22. The summed E-state index contributed by atoms with van der Waals surface area (Å²) in [6.45, 7) is 4.97. The molecule has 3 heteroatoms. The molecule has 0 aliphatic heterocycles. The molecular weight excluding hydrogens is 168 g/mol. The predicted molar refractivity (Wildman–Crippen MR) is 52.6 cm³/mol. The van der Waals surface area contributed by atoms with Crippen LogP contribution in [-0.4, -0.2) is 36.1 Å². The van der Waals surface area contributed by atoms with E-state index in [1.165, 1.54) is 0 Å². The number of aliphatic hydroxyl groups excluding tert-OH is 2. The fourth-order valence-corrected chi connectivity index (χ4v) is 1.45. The fraction of sp³-hybridized carbons (Fsp3) is 1.00. The second kappa shape index (κ2) is 8.48. The lowest BCUT2D eigenvalue weighted by Crippen LogP contribution is -2.15. The zero-order chi connectivity index (χ0) is 10.1. The Morgan fingerprint density at radius 2 is 1.85 bits per heavy atom. The summed E-state index contributed by atoms with van der Waals surface area (Å²) in [7, 11) is 0. The Labute approximate surface area is 80.7 Å². The van der Waals surface area contributed by atoms with Crippen molar-refractivity contribution in [3.05, 3.63) is 0 Å². The van der Waals surface area contributed by atoms with Crippen molar-refractivity contribution in [3.8, 4) is 0 Å². The van der Waals surface area contributed by atoms with E-state index in [1.807, 2.05) is 6.92 Å². The summed E-state index contributed by atoms with van der Waals surface area (Å²) in [5.41, 5.74) is 0. The Balaban J connectivity index is 3.35. The SMILES string of the molecule is CC(CCCO)CC(C)OCCO. The van der Waals surface area contributed by atoms with E-state index in [2.05, 4.69) is 6.92 Å². The van der Waals surface area contributed by atoms with Crippen molar-refractivity contribution >= 4 is 0 Å². The van der Waals surface area contributed by atoms with Crippen LogP contribution in [0.15, 0.2) is 0 Å². The molecule has 0 saturated carbocycles. The number of aliphatic hydroxyl groups is 2. The van der Waals surface area contributed by atoms with Crippen LogP contribution < -0.4 is 0 Å². The maximum absolute atomic E-state index is 8.63. The molecule has 2 N–H and O–H groups in total. The first-order valence-electron chi connectivity index (χ1n) is 5.04. The normalized spacial score (nSPS) is 15.7. The third-order valence-corrected chi connectivity index (χ3v) is 2.08. The van der Waals surface area contributed by atoms with Gasteiger partial charge in [0.2, 0.25) is 0 Å². The van der Waals surface area contributed by atoms with Crippen molar-refractivity contribution < 1.29 is 14.9 Å². The smallest absolute Gasteiger partial charge is 0.0701 e. The lowest BCUT2D eigenvalue weighted by molar-refractivity contribution is 0.0259. The molecule has 0 amide bonds. The molecule has 0 radical (unpaired) electrons. The Morgan fingerprint density at radius 1 is 1.15 bits per heavy atom. The summed E-state index contributed by atoms with van der Waals surface area (Å²) in [5.74, 6) is 0.584. The molecule has 0 fully saturated rings. The molecule has 2 unspecified atom stereocenters. The summed E-state index contributed by atoms with van der Waals surface area (Å²) in [5, 5.41) is 17.2. The quantitative estimate of drug-likeness (QED) is 0.604. The van der Waals surface area contributed by atoms with E-state index in [4.69, 9.17) is 14.9 Å². The first-order valence-corrected chi connectivity index (χ1v) is 5.04. The molecule has 0 aliphatic rings. The van der Waals surface area contributed by atoms with Gasteiger partial charge >= 0.3 is 0 Å². The molecule has 0 aromatic heterocycles. The molecule has 0 heterocycles. The molecule has 2 atom stereocenters. The summed E-state index contributed by atoms with van der Waals surface area (Å²) >= 11 is 0. The summed E-state index contributed by atoms with van der Waals surface area (Å²) < 4.78 is 5.33. The molecular formula is C10H22O3. The van der Waals surface area contributed by atoms with Crippen LogP contribution in [-0.2, 0) is 4.74 Å². The molecule has 3 nitrogen and oxygen atoms in total. The standard InChI is InChI=1S/C10H22O3/c1-9(4-3-5-11)8-10(2)13-7-6-12/h9-12H,3-8H2,1-2H3. The summed E-state index contributed by atoms with van der Waals surface area (Å²) in [4.78, 5) is 0. The highest BCUT2D eigenvalue weighted by Crippen LogP contribution is 2.14. The molecule has 0 saturated heterocycles. The van der Waals surface area contributed by atoms with E-state index < -0.39 is 0 Å². The molecule has 80 valence electrons. The third-order valence-electron chi connectivity index (χ3n) is 2.08. The highest BCUT2D eigenvalue weighted by atomic mass is 16.5. The number of rotatable bonds is 8. The van der Waals surface area contributed by atoms with Gasteiger partial charge in [-0.15, -0.1) is 0 Å². The van der Waals surface area contributed by atoms with Crippen molar-refractivity contribution in [2.24, 2.45) is 5.92 Å². The van der Waals surface area contributed by atoms with E-state index >= 15 is 0 Å². The molecule has 0 aromatic rings. The van der Waals surface area contributed by atoms with Crippen LogP contribution in [0.1, 0.15) is 33.1 Å². The van der Waals surface area contributed by atoms with E-state index in [0.717, 1.165) is 19.3 Å². The van der Waals surface area contributed by atoms with Crippen LogP contribution in [0.5, 0.6) is 0 Å². The van der Waals surface area contributed by atoms with Gasteiger partial charge in [-0.1, -0.05) is 6.92 Å². The van der Waals surface area contributed by atoms with Crippen LogP contribution >= 0.6 is 0 Å². The highest BCUT2D eigenvalue weighted by Gasteiger charge is 2.08. The average Bonchev–Trinajstić information content (AvgIpc) is 2.11. The largest absolute Gasteiger partial charge is 0.396 e. The lowest BCUT2D eigenvalue weighted by atomic mass is 9.99. The Hall–Kier alpha value is -0.120. The maximum atomic E-state index is 8.63. The van der Waals surface area contributed by atoms with E-state index in [9.17, 15) is 0 Å². The minimum absolute atomic E-state index is 0.0926. The van der Waals surface area contributed by atoms with Crippen LogP contribution in [0.2, 0.25) is 0 Å². The Kier molecular flexibility index (Phi) is 8.40. The van der Waals surface area contributed by atoms with E-state index in [0.29, 0.717) is 12.5 Å². The summed E-state index contributed by atoms with van der Waals surface area (Å²) in [6, 6.07) is 0. The van der Waals surface area contributed by atoms with Gasteiger partial charge in [0.15, 0.2) is 0 Å². The topological polar surface area (TPSA) is 49.7 Å². The zero-order valence-electron chi connectivity index (χ0n) is 8.70. The second-order valence-electron chi connectivity index (χ2n) is 3.61.